The number of halogens is 1. The van der Waals surface area contributed by atoms with E-state index < -0.39 is 34.3 Å². The molecule has 186 valence electrons. The minimum absolute atomic E-state index is 0.0734. The Morgan fingerprint density at radius 3 is 2.28 bits per heavy atom. The Morgan fingerprint density at radius 2 is 1.64 bits per heavy atom. The standard InChI is InChI=1S/C26H23FN2O6S/c1-3-35-20-12-14-21(15-13-20)36(32,33)29(19-10-8-18(27)9-11-19)17-25(30)28-16-23(26(31)34-2)22-6-4-5-7-24(22)28/h4-16H,3,17H2,1-2H3. The van der Waals surface area contributed by atoms with Gasteiger partial charge < -0.3 is 9.47 Å². The number of esters is 1. The average molecular weight is 511 g/mol. The highest BCUT2D eigenvalue weighted by Crippen LogP contribution is 2.27. The van der Waals surface area contributed by atoms with Gasteiger partial charge in [0.2, 0.25) is 0 Å². The van der Waals surface area contributed by atoms with Crippen molar-refractivity contribution in [3.05, 3.63) is 90.4 Å². The third-order valence-corrected chi connectivity index (χ3v) is 7.29. The third kappa shape index (κ3) is 4.80. The van der Waals surface area contributed by atoms with Crippen LogP contribution in [-0.2, 0) is 14.8 Å². The molecule has 8 nitrogen and oxygen atoms in total. The van der Waals surface area contributed by atoms with Crippen molar-refractivity contribution in [3.8, 4) is 5.75 Å². The molecule has 3 aromatic carbocycles. The summed E-state index contributed by atoms with van der Waals surface area (Å²) in [5.41, 5.74) is 0.688. The van der Waals surface area contributed by atoms with Gasteiger partial charge in [0.1, 0.15) is 18.1 Å². The highest BCUT2D eigenvalue weighted by Gasteiger charge is 2.29. The van der Waals surface area contributed by atoms with Crippen LogP contribution < -0.4 is 9.04 Å². The molecule has 10 heteroatoms. The molecular weight excluding hydrogens is 487 g/mol. The summed E-state index contributed by atoms with van der Waals surface area (Å²) in [5, 5.41) is 0.486. The van der Waals surface area contributed by atoms with E-state index in [0.29, 0.717) is 23.3 Å². The number of carbonyl (C=O) groups excluding carboxylic acids is 2. The molecule has 0 aliphatic heterocycles. The Bertz CT molecular complexity index is 1510. The average Bonchev–Trinajstić information content (AvgIpc) is 3.28. The molecule has 0 aliphatic rings. The molecule has 0 atom stereocenters. The van der Waals surface area contributed by atoms with Gasteiger partial charge in [-0.2, -0.15) is 0 Å². The van der Waals surface area contributed by atoms with Crippen LogP contribution in [0.25, 0.3) is 10.9 Å². The molecule has 0 radical (unpaired) electrons. The number of aromatic nitrogens is 1. The zero-order chi connectivity index (χ0) is 25.9. The van der Waals surface area contributed by atoms with Gasteiger partial charge in [0.15, 0.2) is 0 Å². The number of nitrogens with zero attached hydrogens (tertiary/aromatic N) is 2. The molecule has 0 spiro atoms. The summed E-state index contributed by atoms with van der Waals surface area (Å²) in [7, 11) is -3.01. The third-order valence-electron chi connectivity index (χ3n) is 5.50. The molecular formula is C26H23FN2O6S. The lowest BCUT2D eigenvalue weighted by Crippen LogP contribution is -2.37. The number of rotatable bonds is 8. The molecule has 0 fully saturated rings. The second kappa shape index (κ2) is 10.2. The van der Waals surface area contributed by atoms with Crippen molar-refractivity contribution in [2.75, 3.05) is 24.6 Å². The minimum atomic E-state index is -4.24. The van der Waals surface area contributed by atoms with Gasteiger partial charge in [-0.1, -0.05) is 18.2 Å². The quantitative estimate of drug-likeness (QED) is 0.324. The Kier molecular flexibility index (Phi) is 7.07. The molecule has 0 saturated carbocycles. The number of para-hydroxylation sites is 1. The summed E-state index contributed by atoms with van der Waals surface area (Å²) < 4.78 is 53.2. The van der Waals surface area contributed by atoms with Crippen LogP contribution in [0.5, 0.6) is 5.75 Å². The van der Waals surface area contributed by atoms with Gasteiger partial charge in [0, 0.05) is 11.6 Å². The fourth-order valence-corrected chi connectivity index (χ4v) is 5.20. The van der Waals surface area contributed by atoms with E-state index in [4.69, 9.17) is 9.47 Å². The molecule has 0 unspecified atom stereocenters. The van der Waals surface area contributed by atoms with Crippen molar-refractivity contribution in [1.82, 2.24) is 4.57 Å². The number of anilines is 1. The molecule has 1 aromatic heterocycles. The SMILES string of the molecule is CCOc1ccc(S(=O)(=O)N(CC(=O)n2cc(C(=O)OC)c3ccccc32)c2ccc(F)cc2)cc1. The summed E-state index contributed by atoms with van der Waals surface area (Å²) in [4.78, 5) is 25.6. The fourth-order valence-electron chi connectivity index (χ4n) is 3.78. The maximum absolute atomic E-state index is 13.6. The Balaban J connectivity index is 1.77. The highest BCUT2D eigenvalue weighted by atomic mass is 32.2. The molecule has 4 aromatic rings. The first-order chi connectivity index (χ1) is 17.3. The largest absolute Gasteiger partial charge is 0.494 e. The smallest absolute Gasteiger partial charge is 0.340 e. The van der Waals surface area contributed by atoms with Gasteiger partial charge in [0.25, 0.3) is 15.9 Å². The van der Waals surface area contributed by atoms with Crippen molar-refractivity contribution in [2.45, 2.75) is 11.8 Å². The second-order valence-electron chi connectivity index (χ2n) is 7.71. The van der Waals surface area contributed by atoms with E-state index in [0.717, 1.165) is 16.4 Å². The van der Waals surface area contributed by atoms with E-state index in [2.05, 4.69) is 0 Å². The van der Waals surface area contributed by atoms with Crippen LogP contribution in [0.4, 0.5) is 10.1 Å². The number of benzene rings is 3. The summed E-state index contributed by atoms with van der Waals surface area (Å²) in [6.07, 6.45) is 1.32. The molecule has 0 N–H and O–H groups in total. The van der Waals surface area contributed by atoms with Crippen LogP contribution >= 0.6 is 0 Å². The van der Waals surface area contributed by atoms with Crippen LogP contribution in [0, 0.1) is 5.82 Å². The number of hydrogen-bond donors (Lipinski definition) is 0. The first kappa shape index (κ1) is 24.9. The fraction of sp³-hybridized carbons (Fsp3) is 0.154. The van der Waals surface area contributed by atoms with Crippen LogP contribution in [0.1, 0.15) is 22.1 Å². The number of hydrogen-bond acceptors (Lipinski definition) is 6. The van der Waals surface area contributed by atoms with Crippen LogP contribution in [0.15, 0.2) is 83.9 Å². The van der Waals surface area contributed by atoms with Crippen LogP contribution in [0.2, 0.25) is 0 Å². The minimum Gasteiger partial charge on any atom is -0.494 e. The van der Waals surface area contributed by atoms with Crippen LogP contribution in [0.3, 0.4) is 0 Å². The van der Waals surface area contributed by atoms with E-state index in [1.165, 1.54) is 54.3 Å². The molecule has 1 heterocycles. The number of ether oxygens (including phenoxy) is 2. The summed E-state index contributed by atoms with van der Waals surface area (Å²) in [6.45, 7) is 1.62. The first-order valence-electron chi connectivity index (χ1n) is 11.0. The second-order valence-corrected chi connectivity index (χ2v) is 9.57. The zero-order valence-corrected chi connectivity index (χ0v) is 20.4. The van der Waals surface area contributed by atoms with Gasteiger partial charge in [-0.15, -0.1) is 0 Å². The summed E-state index contributed by atoms with van der Waals surface area (Å²) in [6, 6.07) is 17.3. The van der Waals surface area contributed by atoms with Crippen molar-refractivity contribution in [1.29, 1.82) is 0 Å². The lowest BCUT2D eigenvalue weighted by Gasteiger charge is -2.24. The lowest BCUT2D eigenvalue weighted by atomic mass is 10.2. The van der Waals surface area contributed by atoms with Crippen LogP contribution in [-0.4, -0.2) is 45.1 Å². The molecule has 0 amide bonds. The highest BCUT2D eigenvalue weighted by molar-refractivity contribution is 7.92. The topological polar surface area (TPSA) is 94.9 Å². The number of carbonyl (C=O) groups is 2. The molecule has 36 heavy (non-hydrogen) atoms. The van der Waals surface area contributed by atoms with Gasteiger partial charge >= 0.3 is 5.97 Å². The molecule has 0 bridgehead atoms. The van der Waals surface area contributed by atoms with E-state index in [-0.39, 0.29) is 16.1 Å². The van der Waals surface area contributed by atoms with E-state index in [1.54, 1.807) is 24.3 Å². The van der Waals surface area contributed by atoms with E-state index in [1.807, 2.05) is 6.92 Å². The van der Waals surface area contributed by atoms with Gasteiger partial charge in [-0.3, -0.25) is 13.7 Å². The predicted molar refractivity (Wildman–Crippen MR) is 132 cm³/mol. The maximum atomic E-state index is 13.6. The number of methoxy groups -OCH3 is 1. The monoisotopic (exact) mass is 510 g/mol. The predicted octanol–water partition coefficient (Wildman–Crippen LogP) is 4.50. The Hall–Kier alpha value is -4.18. The number of sulfonamides is 1. The number of fused-ring (bicyclic) bond motifs is 1. The van der Waals surface area contributed by atoms with Gasteiger partial charge in [0.05, 0.1) is 35.4 Å². The van der Waals surface area contributed by atoms with E-state index in [9.17, 15) is 22.4 Å². The molecule has 0 saturated heterocycles. The van der Waals surface area contributed by atoms with Gasteiger partial charge in [-0.25, -0.2) is 17.6 Å². The van der Waals surface area contributed by atoms with Crippen molar-refractivity contribution in [3.63, 3.8) is 0 Å². The van der Waals surface area contributed by atoms with Gasteiger partial charge in [-0.05, 0) is 61.5 Å². The summed E-state index contributed by atoms with van der Waals surface area (Å²) >= 11 is 0. The normalized spacial score (nSPS) is 11.3. The Labute approximate surface area is 207 Å². The maximum Gasteiger partial charge on any atom is 0.340 e. The Morgan fingerprint density at radius 1 is 0.972 bits per heavy atom. The van der Waals surface area contributed by atoms with E-state index >= 15 is 0 Å². The summed E-state index contributed by atoms with van der Waals surface area (Å²) in [5.74, 6) is -1.31. The van der Waals surface area contributed by atoms with Crippen molar-refractivity contribution >= 4 is 38.5 Å². The van der Waals surface area contributed by atoms with Crippen molar-refractivity contribution < 1.29 is 31.9 Å². The first-order valence-corrected chi connectivity index (χ1v) is 12.4. The molecule has 0 aliphatic carbocycles. The molecule has 4 rings (SSSR count). The zero-order valence-electron chi connectivity index (χ0n) is 19.5. The van der Waals surface area contributed by atoms with Crippen molar-refractivity contribution in [2.24, 2.45) is 0 Å². The lowest BCUT2D eigenvalue weighted by molar-refractivity contribution is 0.0603.